The molecular weight excluding hydrogens is 311 g/mol. The highest BCUT2D eigenvalue weighted by Crippen LogP contribution is 2.44. The molecule has 23 heavy (non-hydrogen) atoms. The van der Waals surface area contributed by atoms with E-state index < -0.39 is 29.4 Å². The van der Waals surface area contributed by atoms with Crippen molar-refractivity contribution < 1.29 is 22.8 Å². The molecule has 0 unspecified atom stereocenters. The molecule has 2 rings (SSSR count). The molecule has 126 valence electrons. The summed E-state index contributed by atoms with van der Waals surface area (Å²) >= 11 is 0. The maximum absolute atomic E-state index is 13.0. The van der Waals surface area contributed by atoms with Crippen LogP contribution in [0.15, 0.2) is 24.5 Å². The number of nitrogens with zero attached hydrogens (tertiary/aromatic N) is 2. The zero-order valence-corrected chi connectivity index (χ0v) is 12.9. The summed E-state index contributed by atoms with van der Waals surface area (Å²) in [4.78, 5) is 29.0. The molecular formula is C15H18F3N3O2. The normalized spacial score (nSPS) is 20.4. The summed E-state index contributed by atoms with van der Waals surface area (Å²) in [5, 5.41) is 2.42. The number of aromatic nitrogens is 1. The van der Waals surface area contributed by atoms with Crippen LogP contribution < -0.4 is 5.32 Å². The fourth-order valence-electron chi connectivity index (χ4n) is 2.95. The smallest absolute Gasteiger partial charge is 0.343 e. The Balaban J connectivity index is 1.98. The van der Waals surface area contributed by atoms with Crippen LogP contribution in [0.1, 0.15) is 30.6 Å². The molecule has 5 nitrogen and oxygen atoms in total. The second-order valence-corrected chi connectivity index (χ2v) is 6.01. The van der Waals surface area contributed by atoms with Gasteiger partial charge in [-0.25, -0.2) is 0 Å². The molecule has 1 atom stereocenters. The maximum atomic E-state index is 13.0. The van der Waals surface area contributed by atoms with Gasteiger partial charge >= 0.3 is 6.18 Å². The molecule has 0 saturated carbocycles. The molecule has 0 spiro atoms. The van der Waals surface area contributed by atoms with E-state index >= 15 is 0 Å². The van der Waals surface area contributed by atoms with Gasteiger partial charge in [0.1, 0.15) is 0 Å². The highest BCUT2D eigenvalue weighted by atomic mass is 19.4. The van der Waals surface area contributed by atoms with Gasteiger partial charge in [0.15, 0.2) is 0 Å². The Labute approximate surface area is 131 Å². The predicted molar refractivity (Wildman–Crippen MR) is 76.5 cm³/mol. The summed E-state index contributed by atoms with van der Waals surface area (Å²) in [5.74, 6) is -2.58. The second kappa shape index (κ2) is 6.17. The number of rotatable bonds is 3. The van der Waals surface area contributed by atoms with Gasteiger partial charge in [0, 0.05) is 24.5 Å². The summed E-state index contributed by atoms with van der Waals surface area (Å²) in [7, 11) is 0. The van der Waals surface area contributed by atoms with Crippen LogP contribution in [0.4, 0.5) is 13.2 Å². The Kier molecular flexibility index (Phi) is 4.63. The summed E-state index contributed by atoms with van der Waals surface area (Å²) < 4.78 is 39.0. The Bertz CT molecular complexity index is 587. The molecule has 1 aliphatic heterocycles. The van der Waals surface area contributed by atoms with Crippen LogP contribution in [-0.4, -0.2) is 46.5 Å². The van der Waals surface area contributed by atoms with E-state index in [9.17, 15) is 22.8 Å². The third-order valence-corrected chi connectivity index (χ3v) is 4.21. The van der Waals surface area contributed by atoms with Crippen molar-refractivity contribution in [3.63, 3.8) is 0 Å². The average molecular weight is 329 g/mol. The lowest BCUT2D eigenvalue weighted by Gasteiger charge is -2.36. The third kappa shape index (κ3) is 3.62. The average Bonchev–Trinajstić information content (AvgIpc) is 2.80. The van der Waals surface area contributed by atoms with Crippen molar-refractivity contribution in [2.24, 2.45) is 5.92 Å². The highest BCUT2D eigenvalue weighted by Gasteiger charge is 2.56. The SMILES string of the molecule is CC1(C)[C@@H](C(F)(F)F)CCN1C(=O)CNC(=O)c1cccnc1. The van der Waals surface area contributed by atoms with Crippen LogP contribution in [-0.2, 0) is 4.79 Å². The fourth-order valence-corrected chi connectivity index (χ4v) is 2.95. The first-order valence-corrected chi connectivity index (χ1v) is 7.19. The minimum absolute atomic E-state index is 0.0266. The van der Waals surface area contributed by atoms with Crippen LogP contribution in [0, 0.1) is 5.92 Å². The first-order valence-electron chi connectivity index (χ1n) is 7.19. The number of likely N-dealkylation sites (tertiary alicyclic amines) is 1. The van der Waals surface area contributed by atoms with Crippen LogP contribution in [0.25, 0.3) is 0 Å². The van der Waals surface area contributed by atoms with Crippen molar-refractivity contribution in [1.82, 2.24) is 15.2 Å². The monoisotopic (exact) mass is 329 g/mol. The summed E-state index contributed by atoms with van der Waals surface area (Å²) in [5.41, 5.74) is -1.04. The van der Waals surface area contributed by atoms with Gasteiger partial charge in [0.25, 0.3) is 5.91 Å². The maximum Gasteiger partial charge on any atom is 0.394 e. The lowest BCUT2D eigenvalue weighted by Crippen LogP contribution is -2.52. The van der Waals surface area contributed by atoms with E-state index in [1.165, 1.54) is 37.2 Å². The molecule has 1 N–H and O–H groups in total. The molecule has 0 radical (unpaired) electrons. The van der Waals surface area contributed by atoms with Gasteiger partial charge in [-0.05, 0) is 32.4 Å². The molecule has 0 bridgehead atoms. The Hall–Kier alpha value is -2.12. The van der Waals surface area contributed by atoms with Crippen LogP contribution in [0.3, 0.4) is 0 Å². The number of carbonyl (C=O) groups excluding carboxylic acids is 2. The molecule has 0 aromatic carbocycles. The number of hydrogen-bond acceptors (Lipinski definition) is 3. The molecule has 1 saturated heterocycles. The molecule has 1 aliphatic rings. The van der Waals surface area contributed by atoms with Crippen LogP contribution >= 0.6 is 0 Å². The number of hydrogen-bond donors (Lipinski definition) is 1. The number of nitrogens with one attached hydrogen (secondary N) is 1. The number of carbonyl (C=O) groups is 2. The van der Waals surface area contributed by atoms with Gasteiger partial charge in [0.2, 0.25) is 5.91 Å². The van der Waals surface area contributed by atoms with E-state index in [1.54, 1.807) is 6.07 Å². The quantitative estimate of drug-likeness (QED) is 0.923. The van der Waals surface area contributed by atoms with Crippen molar-refractivity contribution in [2.75, 3.05) is 13.1 Å². The second-order valence-electron chi connectivity index (χ2n) is 6.01. The Morgan fingerprint density at radius 3 is 2.65 bits per heavy atom. The molecule has 1 aromatic heterocycles. The fraction of sp³-hybridized carbons (Fsp3) is 0.533. The lowest BCUT2D eigenvalue weighted by molar-refractivity contribution is -0.192. The van der Waals surface area contributed by atoms with E-state index in [2.05, 4.69) is 10.3 Å². The van der Waals surface area contributed by atoms with Gasteiger partial charge in [0.05, 0.1) is 18.0 Å². The van der Waals surface area contributed by atoms with E-state index in [0.29, 0.717) is 0 Å². The van der Waals surface area contributed by atoms with Crippen molar-refractivity contribution >= 4 is 11.8 Å². The Morgan fingerprint density at radius 1 is 1.43 bits per heavy atom. The molecule has 8 heteroatoms. The summed E-state index contributed by atoms with van der Waals surface area (Å²) in [6.45, 7) is 2.48. The van der Waals surface area contributed by atoms with Crippen LogP contribution in [0.2, 0.25) is 0 Å². The van der Waals surface area contributed by atoms with Gasteiger partial charge in [-0.3, -0.25) is 14.6 Å². The molecule has 1 aromatic rings. The van der Waals surface area contributed by atoms with Crippen molar-refractivity contribution in [1.29, 1.82) is 0 Å². The minimum atomic E-state index is -4.35. The Morgan fingerprint density at radius 2 is 2.13 bits per heavy atom. The van der Waals surface area contributed by atoms with E-state index in [0.717, 1.165) is 0 Å². The van der Waals surface area contributed by atoms with E-state index in [4.69, 9.17) is 0 Å². The van der Waals surface area contributed by atoms with E-state index in [1.807, 2.05) is 0 Å². The first kappa shape index (κ1) is 17.2. The topological polar surface area (TPSA) is 62.3 Å². The molecule has 1 fully saturated rings. The van der Waals surface area contributed by atoms with E-state index in [-0.39, 0.29) is 25.1 Å². The zero-order valence-electron chi connectivity index (χ0n) is 12.9. The van der Waals surface area contributed by atoms with Gasteiger partial charge in [-0.1, -0.05) is 0 Å². The molecule has 0 aliphatic carbocycles. The number of alkyl halides is 3. The summed E-state index contributed by atoms with van der Waals surface area (Å²) in [6.07, 6.45) is -1.62. The van der Waals surface area contributed by atoms with Crippen molar-refractivity contribution in [3.8, 4) is 0 Å². The largest absolute Gasteiger partial charge is 0.394 e. The van der Waals surface area contributed by atoms with Gasteiger partial charge in [-0.2, -0.15) is 13.2 Å². The zero-order chi connectivity index (χ0) is 17.3. The minimum Gasteiger partial charge on any atom is -0.343 e. The highest BCUT2D eigenvalue weighted by molar-refractivity contribution is 5.96. The van der Waals surface area contributed by atoms with Crippen molar-refractivity contribution in [2.45, 2.75) is 32.0 Å². The van der Waals surface area contributed by atoms with Gasteiger partial charge in [-0.15, -0.1) is 0 Å². The number of pyridine rings is 1. The summed E-state index contributed by atoms with van der Waals surface area (Å²) in [6, 6.07) is 3.11. The standard InChI is InChI=1S/C15H18F3N3O2/c1-14(2)11(15(16,17)18)5-7-21(14)12(22)9-20-13(23)10-4-3-6-19-8-10/h3-4,6,8,11H,5,7,9H2,1-2H3,(H,20,23)/t11-/m0/s1. The van der Waals surface area contributed by atoms with Crippen LogP contribution in [0.5, 0.6) is 0 Å². The lowest BCUT2D eigenvalue weighted by atomic mass is 9.88. The van der Waals surface area contributed by atoms with Gasteiger partial charge < -0.3 is 10.2 Å². The van der Waals surface area contributed by atoms with Crippen molar-refractivity contribution in [3.05, 3.63) is 30.1 Å². The first-order chi connectivity index (χ1) is 10.6. The number of amides is 2. The third-order valence-electron chi connectivity index (χ3n) is 4.21. The predicted octanol–water partition coefficient (Wildman–Crippen LogP) is 2.00. The molecule has 2 heterocycles. The number of halogens is 3. The molecule has 2 amide bonds.